The second-order valence-corrected chi connectivity index (χ2v) is 6.69. The van der Waals surface area contributed by atoms with Crippen LogP contribution in [-0.2, 0) is 19.6 Å². The number of fused-ring (bicyclic) bond motifs is 2. The predicted octanol–water partition coefficient (Wildman–Crippen LogP) is 3.33. The molecule has 1 aliphatic heterocycles. The van der Waals surface area contributed by atoms with Gasteiger partial charge in [0.2, 0.25) is 5.89 Å². The standard InChI is InChI=1S/C21H18N4O3/c26-21(14-6-7-16-18(10-14)23-13-22-16)25-9-8-17-19(11-25)28-20(24-17)12-27-15-4-2-1-3-5-15/h1-7,10,13H,8-9,11-12H2,(H,22,23). The molecule has 140 valence electrons. The van der Waals surface area contributed by atoms with Gasteiger partial charge in [0.15, 0.2) is 6.61 Å². The molecule has 0 aliphatic carbocycles. The quantitative estimate of drug-likeness (QED) is 0.592. The van der Waals surface area contributed by atoms with Gasteiger partial charge in [0.1, 0.15) is 11.5 Å². The first-order valence-electron chi connectivity index (χ1n) is 9.14. The third kappa shape index (κ3) is 3.11. The van der Waals surface area contributed by atoms with Crippen molar-refractivity contribution >= 4 is 16.9 Å². The zero-order valence-electron chi connectivity index (χ0n) is 15.1. The molecule has 0 spiro atoms. The van der Waals surface area contributed by atoms with Crippen LogP contribution in [0, 0.1) is 0 Å². The van der Waals surface area contributed by atoms with Crippen LogP contribution in [0.3, 0.4) is 0 Å². The number of hydrogen-bond donors (Lipinski definition) is 1. The van der Waals surface area contributed by atoms with E-state index in [1.807, 2.05) is 48.5 Å². The van der Waals surface area contributed by atoms with E-state index in [1.165, 1.54) is 0 Å². The lowest BCUT2D eigenvalue weighted by Gasteiger charge is -2.25. The Bertz CT molecular complexity index is 1130. The first-order valence-corrected chi connectivity index (χ1v) is 9.14. The number of rotatable bonds is 4. The lowest BCUT2D eigenvalue weighted by atomic mass is 10.1. The first-order chi connectivity index (χ1) is 13.8. The van der Waals surface area contributed by atoms with Gasteiger partial charge in [-0.25, -0.2) is 9.97 Å². The number of benzene rings is 2. The molecule has 1 N–H and O–H groups in total. The number of hydrogen-bond acceptors (Lipinski definition) is 5. The van der Waals surface area contributed by atoms with Gasteiger partial charge in [0.25, 0.3) is 5.91 Å². The maximum Gasteiger partial charge on any atom is 0.254 e. The number of carbonyl (C=O) groups excluding carboxylic acids is 1. The van der Waals surface area contributed by atoms with E-state index in [0.717, 1.165) is 28.2 Å². The number of imidazole rings is 1. The molecular formula is C21H18N4O3. The van der Waals surface area contributed by atoms with Crippen LogP contribution in [0.15, 0.2) is 59.3 Å². The summed E-state index contributed by atoms with van der Waals surface area (Å²) in [6, 6.07) is 15.0. The lowest BCUT2D eigenvalue weighted by molar-refractivity contribution is 0.0718. The van der Waals surface area contributed by atoms with Gasteiger partial charge in [-0.05, 0) is 30.3 Å². The van der Waals surface area contributed by atoms with Crippen molar-refractivity contribution in [3.63, 3.8) is 0 Å². The number of H-pyrrole nitrogens is 1. The first kappa shape index (κ1) is 16.6. The number of ether oxygens (including phenoxy) is 1. The van der Waals surface area contributed by atoms with Crippen LogP contribution in [-0.4, -0.2) is 32.3 Å². The fourth-order valence-electron chi connectivity index (χ4n) is 3.39. The van der Waals surface area contributed by atoms with E-state index in [2.05, 4.69) is 15.0 Å². The Hall–Kier alpha value is -3.61. The van der Waals surface area contributed by atoms with Crippen LogP contribution in [0.2, 0.25) is 0 Å². The van der Waals surface area contributed by atoms with Gasteiger partial charge in [-0.15, -0.1) is 0 Å². The van der Waals surface area contributed by atoms with E-state index in [0.29, 0.717) is 31.0 Å². The molecule has 7 heteroatoms. The van der Waals surface area contributed by atoms with Crippen molar-refractivity contribution in [1.82, 2.24) is 19.9 Å². The fourth-order valence-corrected chi connectivity index (χ4v) is 3.39. The van der Waals surface area contributed by atoms with Crippen molar-refractivity contribution in [2.24, 2.45) is 0 Å². The Morgan fingerprint density at radius 3 is 3.00 bits per heavy atom. The zero-order valence-corrected chi connectivity index (χ0v) is 15.1. The maximum atomic E-state index is 12.9. The molecule has 0 fully saturated rings. The Morgan fingerprint density at radius 1 is 1.21 bits per heavy atom. The molecule has 0 radical (unpaired) electrons. The van der Waals surface area contributed by atoms with Crippen LogP contribution < -0.4 is 4.74 Å². The molecule has 28 heavy (non-hydrogen) atoms. The molecule has 0 unspecified atom stereocenters. The number of nitrogens with one attached hydrogen (secondary N) is 1. The van der Waals surface area contributed by atoms with Crippen LogP contribution in [0.25, 0.3) is 11.0 Å². The van der Waals surface area contributed by atoms with Gasteiger partial charge in [0, 0.05) is 18.5 Å². The summed E-state index contributed by atoms with van der Waals surface area (Å²) in [4.78, 5) is 26.5. The molecule has 1 aliphatic rings. The van der Waals surface area contributed by atoms with Crippen LogP contribution in [0.4, 0.5) is 0 Å². The van der Waals surface area contributed by atoms with E-state index in [9.17, 15) is 4.79 Å². The fraction of sp³-hybridized carbons (Fsp3) is 0.190. The Kier molecular flexibility index (Phi) is 4.05. The highest BCUT2D eigenvalue weighted by atomic mass is 16.5. The summed E-state index contributed by atoms with van der Waals surface area (Å²) in [5, 5.41) is 0. The van der Waals surface area contributed by atoms with Crippen molar-refractivity contribution in [3.05, 3.63) is 77.8 Å². The van der Waals surface area contributed by atoms with Crippen molar-refractivity contribution in [3.8, 4) is 5.75 Å². The Labute approximate surface area is 161 Å². The molecule has 3 heterocycles. The van der Waals surface area contributed by atoms with Crippen molar-refractivity contribution in [2.45, 2.75) is 19.6 Å². The molecule has 4 aromatic rings. The lowest BCUT2D eigenvalue weighted by Crippen LogP contribution is -2.35. The average Bonchev–Trinajstić information content (AvgIpc) is 3.37. The average molecular weight is 374 g/mol. The minimum Gasteiger partial charge on any atom is -0.484 e. The van der Waals surface area contributed by atoms with Gasteiger partial charge < -0.3 is 19.0 Å². The molecule has 5 rings (SSSR count). The molecule has 0 saturated heterocycles. The number of carbonyl (C=O) groups is 1. The summed E-state index contributed by atoms with van der Waals surface area (Å²) in [7, 11) is 0. The van der Waals surface area contributed by atoms with Crippen LogP contribution >= 0.6 is 0 Å². The number of aromatic amines is 1. The third-order valence-corrected chi connectivity index (χ3v) is 4.84. The van der Waals surface area contributed by atoms with Gasteiger partial charge in [-0.2, -0.15) is 0 Å². The van der Waals surface area contributed by atoms with Gasteiger partial charge in [0.05, 0.1) is 29.6 Å². The van der Waals surface area contributed by atoms with Crippen molar-refractivity contribution < 1.29 is 13.9 Å². The topological polar surface area (TPSA) is 84.2 Å². The van der Waals surface area contributed by atoms with Gasteiger partial charge in [-0.3, -0.25) is 4.79 Å². The number of amides is 1. The monoisotopic (exact) mass is 374 g/mol. The SMILES string of the molecule is O=C(c1ccc2[nH]cnc2c1)N1CCc2nc(COc3ccccc3)oc2C1. The molecule has 7 nitrogen and oxygen atoms in total. The van der Waals surface area contributed by atoms with E-state index < -0.39 is 0 Å². The summed E-state index contributed by atoms with van der Waals surface area (Å²) < 4.78 is 11.6. The number of aromatic nitrogens is 3. The number of nitrogens with zero attached hydrogens (tertiary/aromatic N) is 3. The van der Waals surface area contributed by atoms with Crippen LogP contribution in [0.1, 0.15) is 27.7 Å². The second kappa shape index (κ2) is 6.84. The summed E-state index contributed by atoms with van der Waals surface area (Å²) in [6.07, 6.45) is 2.29. The third-order valence-electron chi connectivity index (χ3n) is 4.84. The summed E-state index contributed by atoms with van der Waals surface area (Å²) >= 11 is 0. The maximum absolute atomic E-state index is 12.9. The molecule has 0 atom stereocenters. The van der Waals surface area contributed by atoms with Gasteiger partial charge >= 0.3 is 0 Å². The second-order valence-electron chi connectivity index (χ2n) is 6.69. The largest absolute Gasteiger partial charge is 0.484 e. The molecular weight excluding hydrogens is 356 g/mol. The highest BCUT2D eigenvalue weighted by molar-refractivity contribution is 5.97. The molecule has 2 aromatic heterocycles. The van der Waals surface area contributed by atoms with E-state index in [1.54, 1.807) is 11.2 Å². The normalized spacial score (nSPS) is 13.5. The van der Waals surface area contributed by atoms with Crippen molar-refractivity contribution in [2.75, 3.05) is 6.54 Å². The summed E-state index contributed by atoms with van der Waals surface area (Å²) in [6.45, 7) is 1.28. The van der Waals surface area contributed by atoms with E-state index in [-0.39, 0.29) is 12.5 Å². The molecule has 2 aromatic carbocycles. The number of para-hydroxylation sites is 1. The van der Waals surface area contributed by atoms with Crippen LogP contribution in [0.5, 0.6) is 5.75 Å². The minimum absolute atomic E-state index is 0.0333. The Balaban J connectivity index is 1.29. The highest BCUT2D eigenvalue weighted by Gasteiger charge is 2.26. The van der Waals surface area contributed by atoms with Crippen molar-refractivity contribution in [1.29, 1.82) is 0 Å². The minimum atomic E-state index is -0.0333. The summed E-state index contributed by atoms with van der Waals surface area (Å²) in [5.74, 6) is 1.99. The molecule has 1 amide bonds. The van der Waals surface area contributed by atoms with Gasteiger partial charge in [-0.1, -0.05) is 18.2 Å². The molecule has 0 saturated carbocycles. The number of oxazole rings is 1. The van der Waals surface area contributed by atoms with E-state index in [4.69, 9.17) is 9.15 Å². The zero-order chi connectivity index (χ0) is 18.9. The summed E-state index contributed by atoms with van der Waals surface area (Å²) in [5.41, 5.74) is 3.22. The molecule has 0 bridgehead atoms. The highest BCUT2D eigenvalue weighted by Crippen LogP contribution is 2.23. The predicted molar refractivity (Wildman–Crippen MR) is 102 cm³/mol. The smallest absolute Gasteiger partial charge is 0.254 e. The van der Waals surface area contributed by atoms with E-state index >= 15 is 0 Å². The Morgan fingerprint density at radius 2 is 2.11 bits per heavy atom.